The molecule has 0 bridgehead atoms. The third kappa shape index (κ3) is 3.30. The predicted molar refractivity (Wildman–Crippen MR) is 107 cm³/mol. The molecule has 4 aromatic rings. The van der Waals surface area contributed by atoms with Crippen molar-refractivity contribution in [2.45, 2.75) is 39.0 Å². The molecule has 0 saturated carbocycles. The molecule has 0 amide bonds. The van der Waals surface area contributed by atoms with E-state index in [9.17, 15) is 0 Å². The molecule has 2 heterocycles. The number of para-hydroxylation sites is 2. The van der Waals surface area contributed by atoms with Crippen molar-refractivity contribution < 1.29 is 0 Å². The molecule has 0 saturated heterocycles. The lowest BCUT2D eigenvalue weighted by Gasteiger charge is -2.10. The smallest absolute Gasteiger partial charge is 0.0705 e. The Morgan fingerprint density at radius 1 is 0.840 bits per heavy atom. The minimum absolute atomic E-state index is 1.04. The van der Waals surface area contributed by atoms with Crippen LogP contribution in [0.15, 0.2) is 60.7 Å². The Balaban J connectivity index is 1.78. The Morgan fingerprint density at radius 2 is 1.64 bits per heavy atom. The minimum atomic E-state index is 1.04. The summed E-state index contributed by atoms with van der Waals surface area (Å²) < 4.78 is 0. The molecular formula is C23H24N2. The highest BCUT2D eigenvalue weighted by Crippen LogP contribution is 2.30. The number of hydrogen-bond acceptors (Lipinski definition) is 1. The van der Waals surface area contributed by atoms with Gasteiger partial charge in [-0.1, -0.05) is 62.6 Å². The summed E-state index contributed by atoms with van der Waals surface area (Å²) in [5, 5.41) is 2.45. The Kier molecular flexibility index (Phi) is 4.51. The van der Waals surface area contributed by atoms with E-state index in [1.165, 1.54) is 58.9 Å². The number of aromatic nitrogens is 2. The average Bonchev–Trinajstić information content (AvgIpc) is 3.08. The molecule has 4 rings (SSSR count). The molecular weight excluding hydrogens is 304 g/mol. The van der Waals surface area contributed by atoms with E-state index in [0.717, 1.165) is 11.9 Å². The van der Waals surface area contributed by atoms with Crippen LogP contribution in [-0.4, -0.2) is 9.97 Å². The largest absolute Gasteiger partial charge is 0.354 e. The first-order valence-electron chi connectivity index (χ1n) is 9.32. The normalized spacial score (nSPS) is 11.4. The molecule has 2 heteroatoms. The second-order valence-electron chi connectivity index (χ2n) is 6.76. The number of aromatic amines is 1. The second kappa shape index (κ2) is 7.10. The van der Waals surface area contributed by atoms with Crippen molar-refractivity contribution in [3.05, 3.63) is 66.4 Å². The molecule has 2 aromatic heterocycles. The fraction of sp³-hybridized carbons (Fsp3) is 0.261. The number of H-pyrrole nitrogens is 1. The van der Waals surface area contributed by atoms with Crippen molar-refractivity contribution in [2.24, 2.45) is 0 Å². The Labute approximate surface area is 148 Å². The van der Waals surface area contributed by atoms with Gasteiger partial charge in [0.1, 0.15) is 0 Å². The lowest BCUT2D eigenvalue weighted by atomic mass is 10.0. The molecule has 0 aliphatic rings. The summed E-state index contributed by atoms with van der Waals surface area (Å²) in [4.78, 5) is 8.58. The van der Waals surface area contributed by atoms with E-state index in [1.807, 2.05) is 0 Å². The van der Waals surface area contributed by atoms with Gasteiger partial charge >= 0.3 is 0 Å². The Morgan fingerprint density at radius 3 is 2.48 bits per heavy atom. The summed E-state index contributed by atoms with van der Waals surface area (Å²) in [6.07, 6.45) is 6.08. The van der Waals surface area contributed by atoms with Crippen molar-refractivity contribution in [3.63, 3.8) is 0 Å². The second-order valence-corrected chi connectivity index (χ2v) is 6.76. The first kappa shape index (κ1) is 15.9. The van der Waals surface area contributed by atoms with Gasteiger partial charge in [0.15, 0.2) is 0 Å². The van der Waals surface area contributed by atoms with Crippen LogP contribution in [0.25, 0.3) is 33.1 Å². The zero-order valence-corrected chi connectivity index (χ0v) is 14.8. The topological polar surface area (TPSA) is 28.7 Å². The zero-order chi connectivity index (χ0) is 17.1. The van der Waals surface area contributed by atoms with Gasteiger partial charge in [-0.3, -0.25) is 4.98 Å². The molecule has 126 valence electrons. The summed E-state index contributed by atoms with van der Waals surface area (Å²) in [6.45, 7) is 2.25. The minimum Gasteiger partial charge on any atom is -0.354 e. The van der Waals surface area contributed by atoms with Gasteiger partial charge in [-0.25, -0.2) is 0 Å². The van der Waals surface area contributed by atoms with Gasteiger partial charge in [0.05, 0.1) is 11.2 Å². The van der Waals surface area contributed by atoms with Crippen LogP contribution in [0.3, 0.4) is 0 Å². The standard InChI is InChI=1S/C23H24N2/c1-2-3-4-5-14-22-19(15-17-10-6-8-12-20(17)24-22)23-16-18-11-7-9-13-21(18)25-23/h6-13,15-16,25H,2-5,14H2,1H3. The van der Waals surface area contributed by atoms with Gasteiger partial charge in [-0.05, 0) is 37.1 Å². The van der Waals surface area contributed by atoms with E-state index in [0.29, 0.717) is 0 Å². The fourth-order valence-electron chi connectivity index (χ4n) is 3.52. The predicted octanol–water partition coefficient (Wildman–Crippen LogP) is 6.51. The quantitative estimate of drug-likeness (QED) is 0.402. The molecule has 0 radical (unpaired) electrons. The van der Waals surface area contributed by atoms with Crippen LogP contribution in [0.1, 0.15) is 38.3 Å². The van der Waals surface area contributed by atoms with Crippen LogP contribution in [0.5, 0.6) is 0 Å². The maximum absolute atomic E-state index is 5.00. The molecule has 1 N–H and O–H groups in total. The molecule has 2 nitrogen and oxygen atoms in total. The number of hydrogen-bond donors (Lipinski definition) is 1. The van der Waals surface area contributed by atoms with Crippen molar-refractivity contribution in [1.29, 1.82) is 0 Å². The molecule has 0 unspecified atom stereocenters. The van der Waals surface area contributed by atoms with Crippen molar-refractivity contribution in [1.82, 2.24) is 9.97 Å². The highest BCUT2D eigenvalue weighted by Gasteiger charge is 2.11. The maximum atomic E-state index is 5.00. The summed E-state index contributed by atoms with van der Waals surface area (Å²) >= 11 is 0. The van der Waals surface area contributed by atoms with Crippen LogP contribution in [0.2, 0.25) is 0 Å². The SMILES string of the molecule is CCCCCCc1nc2ccccc2cc1-c1cc2ccccc2[nH]1. The van der Waals surface area contributed by atoms with Crippen LogP contribution >= 0.6 is 0 Å². The van der Waals surface area contributed by atoms with Gasteiger partial charge in [0.2, 0.25) is 0 Å². The molecule has 0 aliphatic carbocycles. The van der Waals surface area contributed by atoms with Crippen LogP contribution in [-0.2, 0) is 6.42 Å². The van der Waals surface area contributed by atoms with Gasteiger partial charge in [0.25, 0.3) is 0 Å². The number of pyridine rings is 1. The van der Waals surface area contributed by atoms with Crippen molar-refractivity contribution >= 4 is 21.8 Å². The highest BCUT2D eigenvalue weighted by molar-refractivity contribution is 5.89. The number of fused-ring (bicyclic) bond motifs is 2. The summed E-state index contributed by atoms with van der Waals surface area (Å²) in [5.41, 5.74) is 5.90. The molecule has 0 fully saturated rings. The van der Waals surface area contributed by atoms with E-state index < -0.39 is 0 Å². The molecule has 2 aromatic carbocycles. The first-order valence-corrected chi connectivity index (χ1v) is 9.32. The van der Waals surface area contributed by atoms with Crippen LogP contribution in [0, 0.1) is 0 Å². The van der Waals surface area contributed by atoms with E-state index >= 15 is 0 Å². The summed E-state index contributed by atoms with van der Waals surface area (Å²) in [6, 6.07) is 21.4. The van der Waals surface area contributed by atoms with E-state index in [2.05, 4.69) is 72.6 Å². The number of nitrogens with one attached hydrogen (secondary N) is 1. The third-order valence-corrected chi connectivity index (χ3v) is 4.89. The molecule has 0 atom stereocenters. The number of aryl methyl sites for hydroxylation is 1. The summed E-state index contributed by atoms with van der Waals surface area (Å²) in [7, 11) is 0. The number of benzene rings is 2. The van der Waals surface area contributed by atoms with E-state index in [1.54, 1.807) is 0 Å². The zero-order valence-electron chi connectivity index (χ0n) is 14.8. The summed E-state index contributed by atoms with van der Waals surface area (Å²) in [5.74, 6) is 0. The van der Waals surface area contributed by atoms with Crippen LogP contribution in [0.4, 0.5) is 0 Å². The van der Waals surface area contributed by atoms with Gasteiger partial charge in [-0.2, -0.15) is 0 Å². The fourth-order valence-corrected chi connectivity index (χ4v) is 3.52. The van der Waals surface area contributed by atoms with Gasteiger partial charge in [0, 0.05) is 27.5 Å². The van der Waals surface area contributed by atoms with E-state index in [4.69, 9.17) is 4.98 Å². The maximum Gasteiger partial charge on any atom is 0.0705 e. The highest BCUT2D eigenvalue weighted by atomic mass is 14.7. The monoisotopic (exact) mass is 328 g/mol. The van der Waals surface area contributed by atoms with Gasteiger partial charge in [-0.15, -0.1) is 0 Å². The number of unbranched alkanes of at least 4 members (excludes halogenated alkanes) is 3. The van der Waals surface area contributed by atoms with Crippen molar-refractivity contribution in [2.75, 3.05) is 0 Å². The Hall–Kier alpha value is -2.61. The van der Waals surface area contributed by atoms with E-state index in [-0.39, 0.29) is 0 Å². The van der Waals surface area contributed by atoms with Crippen LogP contribution < -0.4 is 0 Å². The lowest BCUT2D eigenvalue weighted by molar-refractivity contribution is 0.662. The van der Waals surface area contributed by atoms with Gasteiger partial charge < -0.3 is 4.98 Å². The number of rotatable bonds is 6. The molecule has 25 heavy (non-hydrogen) atoms. The van der Waals surface area contributed by atoms with Crippen molar-refractivity contribution in [3.8, 4) is 11.3 Å². The number of nitrogens with zero attached hydrogens (tertiary/aromatic N) is 1. The first-order chi connectivity index (χ1) is 12.3. The third-order valence-electron chi connectivity index (χ3n) is 4.89. The molecule has 0 aliphatic heterocycles. The average molecular weight is 328 g/mol. The molecule has 0 spiro atoms. The Bertz CT molecular complexity index is 964. The lowest BCUT2D eigenvalue weighted by Crippen LogP contribution is -1.96.